The van der Waals surface area contributed by atoms with Crippen molar-refractivity contribution in [1.82, 2.24) is 14.4 Å². The van der Waals surface area contributed by atoms with E-state index in [9.17, 15) is 0 Å². The fourth-order valence-electron chi connectivity index (χ4n) is 1.86. The largest absolute Gasteiger partial charge is 0.284 e. The van der Waals surface area contributed by atoms with Gasteiger partial charge in [-0.3, -0.25) is 4.40 Å². The van der Waals surface area contributed by atoms with Crippen LogP contribution in [0.5, 0.6) is 0 Å². The lowest BCUT2D eigenvalue weighted by molar-refractivity contribution is 1.08. The lowest BCUT2D eigenvalue weighted by Crippen LogP contribution is -1.95. The molecule has 3 rings (SSSR count). The molecule has 0 aliphatic rings. The van der Waals surface area contributed by atoms with Crippen LogP contribution in [0.4, 0.5) is 0 Å². The molecule has 0 amide bonds. The van der Waals surface area contributed by atoms with Gasteiger partial charge in [0.1, 0.15) is 0 Å². The normalized spacial score (nSPS) is 10.8. The third kappa shape index (κ3) is 1.37. The van der Waals surface area contributed by atoms with Crippen LogP contribution in [0.1, 0.15) is 5.69 Å². The van der Waals surface area contributed by atoms with Gasteiger partial charge in [0.15, 0.2) is 0 Å². The van der Waals surface area contributed by atoms with Gasteiger partial charge in [-0.1, -0.05) is 30.3 Å². The van der Waals surface area contributed by atoms with Crippen molar-refractivity contribution in [3.05, 3.63) is 54.5 Å². The predicted octanol–water partition coefficient (Wildman–Crippen LogP) is 2.70. The van der Waals surface area contributed by atoms with Crippen LogP contribution >= 0.6 is 0 Å². The van der Waals surface area contributed by atoms with E-state index >= 15 is 0 Å². The first-order valence-electron chi connectivity index (χ1n) is 5.21. The predicted molar refractivity (Wildman–Crippen MR) is 63.2 cm³/mol. The standard InChI is InChI=1S/C13H11N3/c1-10-9-12(11-5-3-2-4-6-11)16-8-7-14-13(16)15-10/h2-9H,1H3. The topological polar surface area (TPSA) is 30.2 Å². The molecule has 1 aromatic carbocycles. The first-order valence-corrected chi connectivity index (χ1v) is 5.21. The minimum Gasteiger partial charge on any atom is -0.284 e. The molecule has 0 spiro atoms. The number of rotatable bonds is 1. The lowest BCUT2D eigenvalue weighted by atomic mass is 10.1. The lowest BCUT2D eigenvalue weighted by Gasteiger charge is -2.06. The van der Waals surface area contributed by atoms with Crippen molar-refractivity contribution < 1.29 is 0 Å². The average molecular weight is 209 g/mol. The highest BCUT2D eigenvalue weighted by atomic mass is 15.1. The Morgan fingerprint density at radius 2 is 1.94 bits per heavy atom. The van der Waals surface area contributed by atoms with Gasteiger partial charge in [-0.15, -0.1) is 0 Å². The number of aryl methyl sites for hydroxylation is 1. The zero-order valence-electron chi connectivity index (χ0n) is 8.96. The summed E-state index contributed by atoms with van der Waals surface area (Å²) in [6.45, 7) is 1.99. The second-order valence-corrected chi connectivity index (χ2v) is 3.75. The molecule has 0 bridgehead atoms. The average Bonchev–Trinajstić information content (AvgIpc) is 2.77. The molecule has 0 aliphatic carbocycles. The smallest absolute Gasteiger partial charge is 0.234 e. The molecular weight excluding hydrogens is 198 g/mol. The quantitative estimate of drug-likeness (QED) is 0.616. The van der Waals surface area contributed by atoms with Crippen LogP contribution in [-0.4, -0.2) is 14.4 Å². The molecule has 2 heterocycles. The van der Waals surface area contributed by atoms with Gasteiger partial charge in [-0.2, -0.15) is 0 Å². The summed E-state index contributed by atoms with van der Waals surface area (Å²) in [5.74, 6) is 0.749. The highest BCUT2D eigenvalue weighted by molar-refractivity contribution is 5.62. The van der Waals surface area contributed by atoms with Gasteiger partial charge < -0.3 is 0 Å². The summed E-state index contributed by atoms with van der Waals surface area (Å²) < 4.78 is 2.00. The van der Waals surface area contributed by atoms with E-state index in [0.717, 1.165) is 17.2 Å². The number of imidazole rings is 1. The van der Waals surface area contributed by atoms with Gasteiger partial charge in [0.05, 0.1) is 5.69 Å². The van der Waals surface area contributed by atoms with Crippen LogP contribution in [-0.2, 0) is 0 Å². The first kappa shape index (κ1) is 9.09. The molecule has 3 aromatic rings. The molecule has 3 heteroatoms. The van der Waals surface area contributed by atoms with Crippen LogP contribution in [0.25, 0.3) is 17.0 Å². The Morgan fingerprint density at radius 1 is 1.12 bits per heavy atom. The third-order valence-electron chi connectivity index (χ3n) is 2.57. The fraction of sp³-hybridized carbons (Fsp3) is 0.0769. The molecule has 0 fully saturated rings. The van der Waals surface area contributed by atoms with Crippen LogP contribution in [0.2, 0.25) is 0 Å². The molecule has 0 aliphatic heterocycles. The Balaban J connectivity index is 2.34. The second-order valence-electron chi connectivity index (χ2n) is 3.75. The molecule has 0 atom stereocenters. The molecule has 2 aromatic heterocycles. The number of hydrogen-bond acceptors (Lipinski definition) is 2. The number of benzene rings is 1. The van der Waals surface area contributed by atoms with E-state index in [2.05, 4.69) is 28.2 Å². The fourth-order valence-corrected chi connectivity index (χ4v) is 1.86. The van der Waals surface area contributed by atoms with E-state index in [-0.39, 0.29) is 0 Å². The van der Waals surface area contributed by atoms with Crippen LogP contribution in [0.15, 0.2) is 48.8 Å². The maximum absolute atomic E-state index is 4.37. The van der Waals surface area contributed by atoms with E-state index in [1.54, 1.807) is 6.20 Å². The Labute approximate surface area is 93.4 Å². The molecule has 0 saturated carbocycles. The van der Waals surface area contributed by atoms with Gasteiger partial charge in [0.2, 0.25) is 5.78 Å². The number of fused-ring (bicyclic) bond motifs is 1. The number of hydrogen-bond donors (Lipinski definition) is 0. The summed E-state index contributed by atoms with van der Waals surface area (Å²) in [6.07, 6.45) is 3.71. The van der Waals surface area contributed by atoms with Gasteiger partial charge >= 0.3 is 0 Å². The van der Waals surface area contributed by atoms with Crippen LogP contribution in [0.3, 0.4) is 0 Å². The Bertz CT molecular complexity index is 626. The SMILES string of the molecule is Cc1cc(-c2ccccc2)n2ccnc2n1. The zero-order valence-corrected chi connectivity index (χ0v) is 8.96. The number of nitrogens with zero attached hydrogens (tertiary/aromatic N) is 3. The van der Waals surface area contributed by atoms with Gasteiger partial charge in [0, 0.05) is 18.1 Å². The highest BCUT2D eigenvalue weighted by Gasteiger charge is 2.05. The molecule has 0 N–H and O–H groups in total. The molecule has 0 radical (unpaired) electrons. The zero-order chi connectivity index (χ0) is 11.0. The first-order chi connectivity index (χ1) is 7.84. The van der Waals surface area contributed by atoms with E-state index in [0.29, 0.717) is 0 Å². The second kappa shape index (κ2) is 3.45. The van der Waals surface area contributed by atoms with Crippen LogP contribution < -0.4 is 0 Å². The highest BCUT2D eigenvalue weighted by Crippen LogP contribution is 2.20. The minimum absolute atomic E-state index is 0.749. The van der Waals surface area contributed by atoms with Crippen LogP contribution in [0, 0.1) is 6.92 Å². The van der Waals surface area contributed by atoms with E-state index in [1.165, 1.54) is 5.56 Å². The molecular formula is C13H11N3. The summed E-state index contributed by atoms with van der Waals surface area (Å²) in [4.78, 5) is 8.59. The third-order valence-corrected chi connectivity index (χ3v) is 2.57. The summed E-state index contributed by atoms with van der Waals surface area (Å²) in [6, 6.07) is 12.3. The monoisotopic (exact) mass is 209 g/mol. The Hall–Kier alpha value is -2.16. The summed E-state index contributed by atoms with van der Waals surface area (Å²) in [7, 11) is 0. The molecule has 78 valence electrons. The maximum Gasteiger partial charge on any atom is 0.234 e. The molecule has 0 unspecified atom stereocenters. The Kier molecular flexibility index (Phi) is 1.96. The van der Waals surface area contributed by atoms with E-state index in [1.807, 2.05) is 35.7 Å². The van der Waals surface area contributed by atoms with Crippen molar-refractivity contribution in [2.24, 2.45) is 0 Å². The van der Waals surface area contributed by atoms with Crippen molar-refractivity contribution in [2.75, 3.05) is 0 Å². The van der Waals surface area contributed by atoms with Gasteiger partial charge in [-0.05, 0) is 18.6 Å². The van der Waals surface area contributed by atoms with Crippen molar-refractivity contribution in [2.45, 2.75) is 6.92 Å². The Morgan fingerprint density at radius 3 is 2.75 bits per heavy atom. The van der Waals surface area contributed by atoms with E-state index < -0.39 is 0 Å². The van der Waals surface area contributed by atoms with Crippen molar-refractivity contribution in [3.8, 4) is 11.3 Å². The van der Waals surface area contributed by atoms with E-state index in [4.69, 9.17) is 0 Å². The van der Waals surface area contributed by atoms with Crippen molar-refractivity contribution >= 4 is 5.78 Å². The number of aromatic nitrogens is 3. The minimum atomic E-state index is 0.749. The maximum atomic E-state index is 4.37. The van der Waals surface area contributed by atoms with Crippen molar-refractivity contribution in [3.63, 3.8) is 0 Å². The summed E-state index contributed by atoms with van der Waals surface area (Å²) >= 11 is 0. The molecule has 3 nitrogen and oxygen atoms in total. The van der Waals surface area contributed by atoms with Gasteiger partial charge in [-0.25, -0.2) is 9.97 Å². The summed E-state index contributed by atoms with van der Waals surface area (Å²) in [5, 5.41) is 0. The molecule has 0 saturated heterocycles. The molecule has 16 heavy (non-hydrogen) atoms. The van der Waals surface area contributed by atoms with Gasteiger partial charge in [0.25, 0.3) is 0 Å². The van der Waals surface area contributed by atoms with Crippen molar-refractivity contribution in [1.29, 1.82) is 0 Å². The summed E-state index contributed by atoms with van der Waals surface area (Å²) in [5.41, 5.74) is 3.29.